The number of hydrogen-bond donors (Lipinski definition) is 1. The van der Waals surface area contributed by atoms with E-state index >= 15 is 0 Å². The Bertz CT molecular complexity index is 303. The molecule has 1 aliphatic carbocycles. The average Bonchev–Trinajstić information content (AvgIpc) is 2.35. The van der Waals surface area contributed by atoms with E-state index in [-0.39, 0.29) is 5.78 Å². The molecule has 1 aliphatic rings. The van der Waals surface area contributed by atoms with Gasteiger partial charge in [-0.1, -0.05) is 11.6 Å². The summed E-state index contributed by atoms with van der Waals surface area (Å²) in [5.74, 6) is 0.217. The number of carbonyl (C=O) groups excluding carboxylic acids is 1. The van der Waals surface area contributed by atoms with E-state index in [9.17, 15) is 4.79 Å². The van der Waals surface area contributed by atoms with Crippen molar-refractivity contribution in [2.45, 2.75) is 19.3 Å². The molecule has 1 heterocycles. The zero-order valence-corrected chi connectivity index (χ0v) is 6.74. The Morgan fingerprint density at radius 2 is 2.27 bits per heavy atom. The first-order chi connectivity index (χ1) is 5.29. The number of aromatic nitrogens is 1. The molecule has 1 aromatic heterocycles. The highest BCUT2D eigenvalue weighted by molar-refractivity contribution is 6.31. The van der Waals surface area contributed by atoms with Crippen molar-refractivity contribution in [1.82, 2.24) is 4.98 Å². The van der Waals surface area contributed by atoms with Gasteiger partial charge in [-0.05, 0) is 18.4 Å². The molecule has 0 atom stereocenters. The molecule has 1 N–H and O–H groups in total. The Kier molecular flexibility index (Phi) is 1.50. The van der Waals surface area contributed by atoms with Gasteiger partial charge in [0.15, 0.2) is 5.78 Å². The van der Waals surface area contributed by atoms with Crippen molar-refractivity contribution in [1.29, 1.82) is 0 Å². The number of ketones is 1. The Hall–Kier alpha value is -0.760. The zero-order chi connectivity index (χ0) is 7.84. The van der Waals surface area contributed by atoms with E-state index < -0.39 is 0 Å². The predicted molar refractivity (Wildman–Crippen MR) is 43.1 cm³/mol. The van der Waals surface area contributed by atoms with Crippen molar-refractivity contribution in [2.75, 3.05) is 0 Å². The molecule has 0 bridgehead atoms. The predicted octanol–water partition coefficient (Wildman–Crippen LogP) is 2.19. The van der Waals surface area contributed by atoms with Crippen molar-refractivity contribution in [2.24, 2.45) is 0 Å². The molecule has 0 amide bonds. The summed E-state index contributed by atoms with van der Waals surface area (Å²) in [6.45, 7) is 0. The SMILES string of the molecule is O=C1CCCc2c1c[nH]c2Cl. The fourth-order valence-electron chi connectivity index (χ4n) is 1.48. The fourth-order valence-corrected chi connectivity index (χ4v) is 1.73. The Balaban J connectivity index is 2.55. The maximum atomic E-state index is 11.2. The molecular weight excluding hydrogens is 162 g/mol. The van der Waals surface area contributed by atoms with Crippen LogP contribution in [-0.4, -0.2) is 10.8 Å². The number of Topliss-reactive ketones (excluding diaryl/α,β-unsaturated/α-hetero) is 1. The summed E-state index contributed by atoms with van der Waals surface area (Å²) in [5, 5.41) is 0.632. The van der Waals surface area contributed by atoms with Gasteiger partial charge in [-0.15, -0.1) is 0 Å². The first-order valence-electron chi connectivity index (χ1n) is 3.68. The summed E-state index contributed by atoms with van der Waals surface area (Å²) < 4.78 is 0. The monoisotopic (exact) mass is 169 g/mol. The minimum Gasteiger partial charge on any atom is -0.351 e. The van der Waals surface area contributed by atoms with Crippen molar-refractivity contribution in [3.05, 3.63) is 22.5 Å². The zero-order valence-electron chi connectivity index (χ0n) is 5.98. The van der Waals surface area contributed by atoms with Gasteiger partial charge in [0.05, 0.1) is 0 Å². The smallest absolute Gasteiger partial charge is 0.164 e. The molecule has 0 saturated heterocycles. The first-order valence-corrected chi connectivity index (χ1v) is 4.06. The van der Waals surface area contributed by atoms with Crippen LogP contribution in [0.25, 0.3) is 0 Å². The van der Waals surface area contributed by atoms with Crippen molar-refractivity contribution >= 4 is 17.4 Å². The fraction of sp³-hybridized carbons (Fsp3) is 0.375. The number of halogens is 1. The van der Waals surface area contributed by atoms with Gasteiger partial charge in [0, 0.05) is 18.2 Å². The lowest BCUT2D eigenvalue weighted by molar-refractivity contribution is 0.0973. The second-order valence-corrected chi connectivity index (χ2v) is 3.15. The summed E-state index contributed by atoms with van der Waals surface area (Å²) in [7, 11) is 0. The van der Waals surface area contributed by atoms with Crippen LogP contribution < -0.4 is 0 Å². The van der Waals surface area contributed by atoms with Gasteiger partial charge in [0.1, 0.15) is 5.15 Å². The molecule has 3 heteroatoms. The number of H-pyrrole nitrogens is 1. The molecule has 0 fully saturated rings. The molecule has 2 rings (SSSR count). The molecule has 0 spiro atoms. The minimum absolute atomic E-state index is 0.217. The molecule has 2 nitrogen and oxygen atoms in total. The van der Waals surface area contributed by atoms with Gasteiger partial charge >= 0.3 is 0 Å². The number of hydrogen-bond acceptors (Lipinski definition) is 1. The Morgan fingerprint density at radius 1 is 1.45 bits per heavy atom. The molecule has 11 heavy (non-hydrogen) atoms. The first kappa shape index (κ1) is 6.92. The number of fused-ring (bicyclic) bond motifs is 1. The van der Waals surface area contributed by atoms with Gasteiger partial charge in [0.2, 0.25) is 0 Å². The van der Waals surface area contributed by atoms with Gasteiger partial charge in [-0.25, -0.2) is 0 Å². The maximum Gasteiger partial charge on any atom is 0.164 e. The molecule has 0 unspecified atom stereocenters. The third kappa shape index (κ3) is 0.979. The minimum atomic E-state index is 0.217. The Morgan fingerprint density at radius 3 is 3.00 bits per heavy atom. The van der Waals surface area contributed by atoms with E-state index in [2.05, 4.69) is 4.98 Å². The van der Waals surface area contributed by atoms with Crippen molar-refractivity contribution in [3.63, 3.8) is 0 Å². The molecule has 0 radical (unpaired) electrons. The Labute approximate surface area is 69.6 Å². The highest BCUT2D eigenvalue weighted by Gasteiger charge is 2.20. The van der Waals surface area contributed by atoms with Crippen LogP contribution in [-0.2, 0) is 6.42 Å². The average molecular weight is 170 g/mol. The van der Waals surface area contributed by atoms with Crippen LogP contribution in [0.4, 0.5) is 0 Å². The van der Waals surface area contributed by atoms with E-state index in [0.717, 1.165) is 24.0 Å². The van der Waals surface area contributed by atoms with Gasteiger partial charge in [-0.2, -0.15) is 0 Å². The van der Waals surface area contributed by atoms with E-state index in [4.69, 9.17) is 11.6 Å². The normalized spacial score (nSPS) is 16.6. The quantitative estimate of drug-likeness (QED) is 0.635. The summed E-state index contributed by atoms with van der Waals surface area (Å²) >= 11 is 5.82. The summed E-state index contributed by atoms with van der Waals surface area (Å²) in [4.78, 5) is 14.1. The van der Waals surface area contributed by atoms with Crippen LogP contribution in [0.15, 0.2) is 6.20 Å². The third-order valence-corrected chi connectivity index (χ3v) is 2.40. The molecule has 1 aromatic rings. The van der Waals surface area contributed by atoms with E-state index in [1.165, 1.54) is 0 Å². The highest BCUT2D eigenvalue weighted by Crippen LogP contribution is 2.26. The second kappa shape index (κ2) is 2.38. The lowest BCUT2D eigenvalue weighted by Gasteiger charge is -2.08. The number of aromatic amines is 1. The summed E-state index contributed by atoms with van der Waals surface area (Å²) in [6.07, 6.45) is 4.24. The maximum absolute atomic E-state index is 11.2. The van der Waals surface area contributed by atoms with Gasteiger partial charge in [-0.3, -0.25) is 4.79 Å². The van der Waals surface area contributed by atoms with Crippen molar-refractivity contribution in [3.8, 4) is 0 Å². The highest BCUT2D eigenvalue weighted by atomic mass is 35.5. The topological polar surface area (TPSA) is 32.9 Å². The summed E-state index contributed by atoms with van der Waals surface area (Å²) in [6, 6.07) is 0. The van der Waals surface area contributed by atoms with E-state index in [1.54, 1.807) is 6.20 Å². The molecule has 58 valence electrons. The van der Waals surface area contributed by atoms with Crippen LogP contribution in [0.3, 0.4) is 0 Å². The number of nitrogens with one attached hydrogen (secondary N) is 1. The number of carbonyl (C=O) groups is 1. The van der Waals surface area contributed by atoms with Crippen LogP contribution in [0.2, 0.25) is 5.15 Å². The van der Waals surface area contributed by atoms with Crippen LogP contribution >= 0.6 is 11.6 Å². The van der Waals surface area contributed by atoms with Gasteiger partial charge in [0.25, 0.3) is 0 Å². The van der Waals surface area contributed by atoms with Gasteiger partial charge < -0.3 is 4.98 Å². The molecule has 0 aromatic carbocycles. The number of rotatable bonds is 0. The second-order valence-electron chi connectivity index (χ2n) is 2.77. The molecule has 0 saturated carbocycles. The largest absolute Gasteiger partial charge is 0.351 e. The van der Waals surface area contributed by atoms with Crippen LogP contribution in [0.5, 0.6) is 0 Å². The standard InChI is InChI=1S/C8H8ClNO/c9-8-5-2-1-3-7(11)6(5)4-10-8/h4,10H,1-3H2. The van der Waals surface area contributed by atoms with E-state index in [1.807, 2.05) is 0 Å². The third-order valence-electron chi connectivity index (χ3n) is 2.06. The molecular formula is C8H8ClNO. The van der Waals surface area contributed by atoms with E-state index in [0.29, 0.717) is 11.6 Å². The van der Waals surface area contributed by atoms with Crippen LogP contribution in [0.1, 0.15) is 28.8 Å². The lowest BCUT2D eigenvalue weighted by atomic mass is 9.95. The summed E-state index contributed by atoms with van der Waals surface area (Å²) in [5.41, 5.74) is 1.80. The van der Waals surface area contributed by atoms with Crippen LogP contribution in [0, 0.1) is 0 Å². The molecule has 0 aliphatic heterocycles. The lowest BCUT2D eigenvalue weighted by Crippen LogP contribution is -2.07. The van der Waals surface area contributed by atoms with Crippen molar-refractivity contribution < 1.29 is 4.79 Å².